The quantitative estimate of drug-likeness (QED) is 0.746. The number of benzene rings is 1. The Morgan fingerprint density at radius 1 is 1.19 bits per heavy atom. The fourth-order valence-electron chi connectivity index (χ4n) is 3.55. The first kappa shape index (κ1) is 23.4. The summed E-state index contributed by atoms with van der Waals surface area (Å²) in [6.45, 7) is 8.49. The largest absolute Gasteiger partial charge is 0.341 e. The zero-order valence-electron chi connectivity index (χ0n) is 17.0. The van der Waals surface area contributed by atoms with E-state index in [0.717, 1.165) is 44.5 Å². The van der Waals surface area contributed by atoms with Crippen molar-refractivity contribution >= 4 is 24.2 Å². The van der Waals surface area contributed by atoms with Gasteiger partial charge in [0.15, 0.2) is 0 Å². The van der Waals surface area contributed by atoms with E-state index in [2.05, 4.69) is 10.6 Å². The summed E-state index contributed by atoms with van der Waals surface area (Å²) in [6.07, 6.45) is 3.25. The normalized spacial score (nSPS) is 16.0. The molecule has 27 heavy (non-hydrogen) atoms. The molecule has 1 saturated heterocycles. The third kappa shape index (κ3) is 6.51. The third-order valence-corrected chi connectivity index (χ3v) is 5.34. The molecule has 6 heteroatoms. The molecule has 1 unspecified atom stereocenters. The highest BCUT2D eigenvalue weighted by molar-refractivity contribution is 5.98. The monoisotopic (exact) mass is 395 g/mol. The van der Waals surface area contributed by atoms with E-state index in [0.29, 0.717) is 11.5 Å². The number of rotatable bonds is 7. The highest BCUT2D eigenvalue weighted by Crippen LogP contribution is 2.21. The molecular formula is C21H34ClN3O2. The van der Waals surface area contributed by atoms with Crippen molar-refractivity contribution in [2.45, 2.75) is 46.1 Å². The molecule has 0 aliphatic carbocycles. The van der Waals surface area contributed by atoms with Crippen molar-refractivity contribution in [1.82, 2.24) is 15.5 Å². The molecule has 2 N–H and O–H groups in total. The minimum absolute atomic E-state index is 0. The van der Waals surface area contributed by atoms with E-state index in [-0.39, 0.29) is 30.1 Å². The molecule has 0 saturated carbocycles. The topological polar surface area (TPSA) is 61.4 Å². The predicted molar refractivity (Wildman–Crippen MR) is 112 cm³/mol. The Morgan fingerprint density at radius 2 is 1.81 bits per heavy atom. The Balaban J connectivity index is 0.00000364. The van der Waals surface area contributed by atoms with E-state index in [1.54, 1.807) is 6.07 Å². The second-order valence-corrected chi connectivity index (χ2v) is 7.67. The fourth-order valence-corrected chi connectivity index (χ4v) is 3.55. The molecule has 0 spiro atoms. The number of hydrogen-bond acceptors (Lipinski definition) is 3. The van der Waals surface area contributed by atoms with Gasteiger partial charge in [0, 0.05) is 18.7 Å². The number of likely N-dealkylation sites (tertiary alicyclic amines) is 1. The molecule has 1 aromatic rings. The number of carbonyl (C=O) groups excluding carboxylic acids is 2. The molecule has 1 aliphatic heterocycles. The first-order chi connectivity index (χ1) is 12.4. The molecule has 1 atom stereocenters. The van der Waals surface area contributed by atoms with Gasteiger partial charge in [0.05, 0.1) is 0 Å². The molecular weight excluding hydrogens is 362 g/mol. The molecule has 152 valence electrons. The molecule has 0 bridgehead atoms. The van der Waals surface area contributed by atoms with E-state index >= 15 is 0 Å². The average molecular weight is 396 g/mol. The summed E-state index contributed by atoms with van der Waals surface area (Å²) in [5.74, 6) is 0.621. The van der Waals surface area contributed by atoms with Crippen LogP contribution >= 0.6 is 12.4 Å². The van der Waals surface area contributed by atoms with Gasteiger partial charge in [-0.1, -0.05) is 32.0 Å². The van der Waals surface area contributed by atoms with Crippen molar-refractivity contribution in [2.24, 2.45) is 11.8 Å². The summed E-state index contributed by atoms with van der Waals surface area (Å²) >= 11 is 0. The van der Waals surface area contributed by atoms with E-state index in [1.807, 2.05) is 50.9 Å². The van der Waals surface area contributed by atoms with E-state index in [9.17, 15) is 9.59 Å². The van der Waals surface area contributed by atoms with E-state index in [4.69, 9.17) is 0 Å². The lowest BCUT2D eigenvalue weighted by atomic mass is 9.92. The lowest BCUT2D eigenvalue weighted by Crippen LogP contribution is -2.53. The molecule has 2 rings (SSSR count). The summed E-state index contributed by atoms with van der Waals surface area (Å²) in [7, 11) is 1.98. The van der Waals surface area contributed by atoms with Gasteiger partial charge >= 0.3 is 0 Å². The highest BCUT2D eigenvalue weighted by atomic mass is 35.5. The van der Waals surface area contributed by atoms with Gasteiger partial charge in [0.2, 0.25) is 5.91 Å². The number of hydrogen-bond donors (Lipinski definition) is 2. The minimum atomic E-state index is -0.476. The molecule has 1 fully saturated rings. The van der Waals surface area contributed by atoms with Crippen LogP contribution in [0.25, 0.3) is 0 Å². The van der Waals surface area contributed by atoms with Gasteiger partial charge in [-0.2, -0.15) is 0 Å². The molecule has 2 amide bonds. The fraction of sp³-hybridized carbons (Fsp3) is 0.619. The van der Waals surface area contributed by atoms with Crippen LogP contribution in [0.2, 0.25) is 0 Å². The van der Waals surface area contributed by atoms with Crippen LogP contribution in [0.15, 0.2) is 24.3 Å². The van der Waals surface area contributed by atoms with Crippen molar-refractivity contribution < 1.29 is 9.59 Å². The Labute approximate surface area is 169 Å². The number of carbonyl (C=O) groups is 2. The summed E-state index contributed by atoms with van der Waals surface area (Å²) in [5, 5.41) is 6.17. The Bertz CT molecular complexity index is 613. The van der Waals surface area contributed by atoms with Crippen LogP contribution in [0.3, 0.4) is 0 Å². The number of amides is 2. The maximum atomic E-state index is 13.0. The summed E-state index contributed by atoms with van der Waals surface area (Å²) in [4.78, 5) is 27.6. The van der Waals surface area contributed by atoms with Gasteiger partial charge in [0.1, 0.15) is 6.04 Å². The Kier molecular flexibility index (Phi) is 9.81. The van der Waals surface area contributed by atoms with Crippen LogP contribution in [-0.4, -0.2) is 49.4 Å². The van der Waals surface area contributed by atoms with Gasteiger partial charge in [-0.05, 0) is 63.2 Å². The van der Waals surface area contributed by atoms with Gasteiger partial charge in [-0.3, -0.25) is 9.59 Å². The standard InChI is InChI=1S/C21H33N3O2.ClH/c1-15(2)19(23-20(25)18-8-6-5-7-16(18)3)21(26)24-13-10-17(11-14-24)9-12-22-4;/h5-8,15,17,19,22H,9-14H2,1-4H3,(H,23,25);1H. The zero-order chi connectivity index (χ0) is 19.1. The summed E-state index contributed by atoms with van der Waals surface area (Å²) in [5.41, 5.74) is 1.56. The SMILES string of the molecule is CNCCC1CCN(C(=O)C(NC(=O)c2ccccc2C)C(C)C)CC1.Cl. The van der Waals surface area contributed by atoms with Crippen LogP contribution in [0.5, 0.6) is 0 Å². The summed E-state index contributed by atoms with van der Waals surface area (Å²) < 4.78 is 0. The molecule has 1 heterocycles. The molecule has 5 nitrogen and oxygen atoms in total. The number of nitrogens with zero attached hydrogens (tertiary/aromatic N) is 1. The maximum Gasteiger partial charge on any atom is 0.252 e. The Morgan fingerprint density at radius 3 is 2.37 bits per heavy atom. The maximum absolute atomic E-state index is 13.0. The average Bonchev–Trinajstić information content (AvgIpc) is 2.64. The molecule has 1 aliphatic rings. The second kappa shape index (κ2) is 11.3. The van der Waals surface area contributed by atoms with E-state index < -0.39 is 6.04 Å². The van der Waals surface area contributed by atoms with Crippen molar-refractivity contribution in [3.8, 4) is 0 Å². The molecule has 1 aromatic carbocycles. The first-order valence-electron chi connectivity index (χ1n) is 9.74. The molecule has 0 aromatic heterocycles. The second-order valence-electron chi connectivity index (χ2n) is 7.67. The van der Waals surface area contributed by atoms with Crippen LogP contribution in [0, 0.1) is 18.8 Å². The lowest BCUT2D eigenvalue weighted by molar-refractivity contribution is -0.135. The van der Waals surface area contributed by atoms with Gasteiger partial charge < -0.3 is 15.5 Å². The Hall–Kier alpha value is -1.59. The van der Waals surface area contributed by atoms with Crippen molar-refractivity contribution in [3.05, 3.63) is 35.4 Å². The highest BCUT2D eigenvalue weighted by Gasteiger charge is 2.31. The van der Waals surface area contributed by atoms with Gasteiger partial charge in [-0.15, -0.1) is 12.4 Å². The van der Waals surface area contributed by atoms with Crippen LogP contribution < -0.4 is 10.6 Å². The van der Waals surface area contributed by atoms with Crippen molar-refractivity contribution in [2.75, 3.05) is 26.7 Å². The number of nitrogens with one attached hydrogen (secondary N) is 2. The number of aryl methyl sites for hydroxylation is 1. The first-order valence-corrected chi connectivity index (χ1v) is 9.74. The summed E-state index contributed by atoms with van der Waals surface area (Å²) in [6, 6.07) is 7.01. The minimum Gasteiger partial charge on any atom is -0.341 e. The van der Waals surface area contributed by atoms with Crippen LogP contribution in [0.1, 0.15) is 49.0 Å². The lowest BCUT2D eigenvalue weighted by Gasteiger charge is -2.35. The molecule has 0 radical (unpaired) electrons. The van der Waals surface area contributed by atoms with E-state index in [1.165, 1.54) is 0 Å². The number of halogens is 1. The van der Waals surface area contributed by atoms with Crippen LogP contribution in [-0.2, 0) is 4.79 Å². The zero-order valence-corrected chi connectivity index (χ0v) is 17.8. The number of piperidine rings is 1. The van der Waals surface area contributed by atoms with Crippen LogP contribution in [0.4, 0.5) is 0 Å². The third-order valence-electron chi connectivity index (χ3n) is 5.34. The van der Waals surface area contributed by atoms with Gasteiger partial charge in [-0.25, -0.2) is 0 Å². The smallest absolute Gasteiger partial charge is 0.252 e. The van der Waals surface area contributed by atoms with Crippen molar-refractivity contribution in [1.29, 1.82) is 0 Å². The van der Waals surface area contributed by atoms with Gasteiger partial charge in [0.25, 0.3) is 5.91 Å². The predicted octanol–water partition coefficient (Wildman–Crippen LogP) is 3.02. The van der Waals surface area contributed by atoms with Crippen molar-refractivity contribution in [3.63, 3.8) is 0 Å².